The number of amides is 1. The van der Waals surface area contributed by atoms with Crippen molar-refractivity contribution in [3.05, 3.63) is 77.6 Å². The second-order valence-corrected chi connectivity index (χ2v) is 9.83. The SMILES string of the molecule is CN1CCC2(CC1)C[C@@H](NC(=O)c1cc(C3CC3)nn1-c1ccccc1)c1ccccc1O2. The van der Waals surface area contributed by atoms with E-state index in [2.05, 4.69) is 23.3 Å². The number of likely N-dealkylation sites (tertiary alicyclic amines) is 1. The number of carbonyl (C=O) groups excluding carboxylic acids is 1. The minimum atomic E-state index is -0.225. The third-order valence-corrected chi connectivity index (χ3v) is 7.36. The molecule has 0 radical (unpaired) electrons. The van der Waals surface area contributed by atoms with Gasteiger partial charge in [0.15, 0.2) is 0 Å². The summed E-state index contributed by atoms with van der Waals surface area (Å²) < 4.78 is 8.37. The van der Waals surface area contributed by atoms with Crippen molar-refractivity contribution in [1.82, 2.24) is 20.0 Å². The molecule has 1 atom stereocenters. The van der Waals surface area contributed by atoms with Crippen molar-refractivity contribution in [2.45, 2.75) is 49.7 Å². The second-order valence-electron chi connectivity index (χ2n) is 9.83. The van der Waals surface area contributed by atoms with Crippen LogP contribution in [0.3, 0.4) is 0 Å². The van der Waals surface area contributed by atoms with E-state index in [9.17, 15) is 4.79 Å². The summed E-state index contributed by atoms with van der Waals surface area (Å²) in [5, 5.41) is 8.18. The van der Waals surface area contributed by atoms with E-state index in [1.165, 1.54) is 0 Å². The number of rotatable bonds is 4. The van der Waals surface area contributed by atoms with Crippen molar-refractivity contribution in [1.29, 1.82) is 0 Å². The Kier molecular flexibility index (Phi) is 4.98. The van der Waals surface area contributed by atoms with Gasteiger partial charge in [-0.1, -0.05) is 36.4 Å². The number of benzene rings is 2. The van der Waals surface area contributed by atoms with E-state index in [0.29, 0.717) is 11.6 Å². The molecule has 0 bridgehead atoms. The number of aromatic nitrogens is 2. The summed E-state index contributed by atoms with van der Waals surface area (Å²) in [6, 6.07) is 20.0. The molecule has 6 nitrogen and oxygen atoms in total. The zero-order valence-corrected chi connectivity index (χ0v) is 19.0. The van der Waals surface area contributed by atoms with E-state index < -0.39 is 0 Å². The highest BCUT2D eigenvalue weighted by atomic mass is 16.5. The highest BCUT2D eigenvalue weighted by molar-refractivity contribution is 5.93. The summed E-state index contributed by atoms with van der Waals surface area (Å²) in [6.07, 6.45) is 5.03. The summed E-state index contributed by atoms with van der Waals surface area (Å²) in [4.78, 5) is 16.0. The molecule has 3 heterocycles. The Hall–Kier alpha value is -3.12. The normalized spacial score (nSPS) is 21.9. The minimum absolute atomic E-state index is 0.0805. The Balaban J connectivity index is 1.32. The van der Waals surface area contributed by atoms with Crippen LogP contribution in [0, 0.1) is 0 Å². The third-order valence-electron chi connectivity index (χ3n) is 7.36. The van der Waals surface area contributed by atoms with Crippen LogP contribution in [0.2, 0.25) is 0 Å². The van der Waals surface area contributed by atoms with Crippen LogP contribution in [-0.2, 0) is 0 Å². The lowest BCUT2D eigenvalue weighted by molar-refractivity contribution is -0.0196. The highest BCUT2D eigenvalue weighted by Gasteiger charge is 2.43. The van der Waals surface area contributed by atoms with Gasteiger partial charge in [0, 0.05) is 31.0 Å². The van der Waals surface area contributed by atoms with Crippen LogP contribution in [0.5, 0.6) is 5.75 Å². The molecule has 1 saturated heterocycles. The molecular weight excluding hydrogens is 412 g/mol. The Morgan fingerprint density at radius 3 is 2.55 bits per heavy atom. The number of hydrogen-bond donors (Lipinski definition) is 1. The standard InChI is InChI=1S/C27H30N4O2/c1-30-15-13-27(14-16-30)18-23(21-9-5-6-10-25(21)33-27)28-26(32)24-17-22(19-11-12-19)29-31(24)20-7-3-2-4-8-20/h2-10,17,19,23H,11-16,18H2,1H3,(H,28,32)/t23-/m1/s1. The maximum Gasteiger partial charge on any atom is 0.270 e. The lowest BCUT2D eigenvalue weighted by Crippen LogP contribution is -2.51. The molecule has 33 heavy (non-hydrogen) atoms. The Morgan fingerprint density at radius 1 is 1.06 bits per heavy atom. The molecule has 6 rings (SSSR count). The lowest BCUT2D eigenvalue weighted by atomic mass is 9.80. The Bertz CT molecular complexity index is 1160. The number of fused-ring (bicyclic) bond motifs is 1. The quantitative estimate of drug-likeness (QED) is 0.648. The van der Waals surface area contributed by atoms with E-state index in [1.807, 2.05) is 54.6 Å². The van der Waals surface area contributed by atoms with Crippen molar-refractivity contribution in [3.63, 3.8) is 0 Å². The molecule has 1 amide bonds. The molecule has 6 heteroatoms. The number of ether oxygens (including phenoxy) is 1. The van der Waals surface area contributed by atoms with Crippen LogP contribution in [0.15, 0.2) is 60.7 Å². The van der Waals surface area contributed by atoms with Gasteiger partial charge in [-0.3, -0.25) is 4.79 Å². The summed E-state index contributed by atoms with van der Waals surface area (Å²) in [6.45, 7) is 2.02. The molecule has 2 aliphatic heterocycles. The Labute approximate surface area is 194 Å². The zero-order chi connectivity index (χ0) is 22.4. The van der Waals surface area contributed by atoms with Gasteiger partial charge in [0.05, 0.1) is 17.4 Å². The second kappa shape index (κ2) is 8.03. The molecule has 1 saturated carbocycles. The van der Waals surface area contributed by atoms with Crippen molar-refractivity contribution < 1.29 is 9.53 Å². The first-order chi connectivity index (χ1) is 16.1. The summed E-state index contributed by atoms with van der Waals surface area (Å²) in [5.41, 5.74) is 3.36. The van der Waals surface area contributed by atoms with E-state index in [-0.39, 0.29) is 17.6 Å². The van der Waals surface area contributed by atoms with E-state index >= 15 is 0 Å². The summed E-state index contributed by atoms with van der Waals surface area (Å²) in [5.74, 6) is 1.30. The van der Waals surface area contributed by atoms with Gasteiger partial charge in [-0.15, -0.1) is 0 Å². The average molecular weight is 443 g/mol. The van der Waals surface area contributed by atoms with Crippen molar-refractivity contribution in [2.75, 3.05) is 20.1 Å². The highest BCUT2D eigenvalue weighted by Crippen LogP contribution is 2.44. The first kappa shape index (κ1) is 20.5. The largest absolute Gasteiger partial charge is 0.487 e. The van der Waals surface area contributed by atoms with Crippen LogP contribution in [-0.4, -0.2) is 46.3 Å². The van der Waals surface area contributed by atoms with Gasteiger partial charge in [0.1, 0.15) is 17.0 Å². The molecule has 1 N–H and O–H groups in total. The van der Waals surface area contributed by atoms with Gasteiger partial charge in [-0.2, -0.15) is 5.10 Å². The molecule has 3 aliphatic rings. The van der Waals surface area contributed by atoms with E-state index in [4.69, 9.17) is 9.84 Å². The predicted molar refractivity (Wildman–Crippen MR) is 127 cm³/mol. The molecule has 2 fully saturated rings. The van der Waals surface area contributed by atoms with E-state index in [1.54, 1.807) is 4.68 Å². The van der Waals surface area contributed by atoms with Gasteiger partial charge < -0.3 is 15.0 Å². The fourth-order valence-electron chi connectivity index (χ4n) is 5.22. The first-order valence-electron chi connectivity index (χ1n) is 12.0. The van der Waals surface area contributed by atoms with E-state index in [0.717, 1.165) is 67.9 Å². The number of para-hydroxylation sites is 2. The van der Waals surface area contributed by atoms with Gasteiger partial charge in [0.2, 0.25) is 0 Å². The van der Waals surface area contributed by atoms with Crippen LogP contribution in [0.4, 0.5) is 0 Å². The zero-order valence-electron chi connectivity index (χ0n) is 19.0. The topological polar surface area (TPSA) is 59.4 Å². The number of nitrogens with one attached hydrogen (secondary N) is 1. The fourth-order valence-corrected chi connectivity index (χ4v) is 5.22. The fraction of sp³-hybridized carbons (Fsp3) is 0.407. The van der Waals surface area contributed by atoms with Gasteiger partial charge in [-0.05, 0) is 57.0 Å². The van der Waals surface area contributed by atoms with Gasteiger partial charge >= 0.3 is 0 Å². The van der Waals surface area contributed by atoms with Crippen LogP contribution < -0.4 is 10.1 Å². The van der Waals surface area contributed by atoms with Crippen LogP contribution in [0.1, 0.15) is 65.8 Å². The first-order valence-corrected chi connectivity index (χ1v) is 12.0. The van der Waals surface area contributed by atoms with Crippen molar-refractivity contribution >= 4 is 5.91 Å². The number of piperidine rings is 1. The Morgan fingerprint density at radius 2 is 1.79 bits per heavy atom. The molecule has 2 aromatic carbocycles. The average Bonchev–Trinajstić information content (AvgIpc) is 3.60. The maximum atomic E-state index is 13.7. The third kappa shape index (κ3) is 3.93. The molecule has 1 spiro atoms. The monoisotopic (exact) mass is 442 g/mol. The smallest absolute Gasteiger partial charge is 0.270 e. The molecule has 170 valence electrons. The summed E-state index contributed by atoms with van der Waals surface area (Å²) in [7, 11) is 2.16. The van der Waals surface area contributed by atoms with Crippen LogP contribution in [0.25, 0.3) is 5.69 Å². The van der Waals surface area contributed by atoms with Crippen LogP contribution >= 0.6 is 0 Å². The molecule has 1 aliphatic carbocycles. The predicted octanol–water partition coefficient (Wildman–Crippen LogP) is 4.47. The van der Waals surface area contributed by atoms with Crippen molar-refractivity contribution in [3.8, 4) is 11.4 Å². The number of nitrogens with zero attached hydrogens (tertiary/aromatic N) is 3. The van der Waals surface area contributed by atoms with Crippen molar-refractivity contribution in [2.24, 2.45) is 0 Å². The number of carbonyl (C=O) groups is 1. The molecule has 3 aromatic rings. The van der Waals surface area contributed by atoms with Gasteiger partial charge in [0.25, 0.3) is 5.91 Å². The lowest BCUT2D eigenvalue weighted by Gasteiger charge is -2.46. The molecular formula is C27H30N4O2. The molecule has 1 aromatic heterocycles. The molecule has 0 unspecified atom stereocenters. The maximum absolute atomic E-state index is 13.7. The summed E-state index contributed by atoms with van der Waals surface area (Å²) >= 11 is 0. The number of hydrogen-bond acceptors (Lipinski definition) is 4. The minimum Gasteiger partial charge on any atom is -0.487 e. The van der Waals surface area contributed by atoms with Gasteiger partial charge in [-0.25, -0.2) is 4.68 Å².